The van der Waals surface area contributed by atoms with Crippen LogP contribution in [0.3, 0.4) is 0 Å². The Hall–Kier alpha value is -2.33. The summed E-state index contributed by atoms with van der Waals surface area (Å²) in [7, 11) is 0. The van der Waals surface area contributed by atoms with Gasteiger partial charge in [0.1, 0.15) is 0 Å². The van der Waals surface area contributed by atoms with Crippen LogP contribution in [0.15, 0.2) is 41.9 Å². The molecule has 2 aromatic rings. The highest BCUT2D eigenvalue weighted by molar-refractivity contribution is 5.32. The molecule has 0 atom stereocenters. The molecule has 74 valence electrons. The van der Waals surface area contributed by atoms with Gasteiger partial charge >= 0.3 is 0 Å². The van der Waals surface area contributed by atoms with Gasteiger partial charge in [-0.2, -0.15) is 5.10 Å². The molecule has 0 amide bonds. The van der Waals surface area contributed by atoms with E-state index in [1.165, 1.54) is 0 Å². The minimum Gasteiger partial charge on any atom is -0.237 e. The molecule has 0 bridgehead atoms. The van der Waals surface area contributed by atoms with Crippen LogP contribution in [0.1, 0.15) is 5.56 Å². The Bertz CT molecular complexity index is 483. The van der Waals surface area contributed by atoms with Gasteiger partial charge in [0.15, 0.2) is 5.82 Å². The van der Waals surface area contributed by atoms with Crippen molar-refractivity contribution < 1.29 is 0 Å². The lowest BCUT2D eigenvalue weighted by atomic mass is 10.2. The second kappa shape index (κ2) is 4.26. The lowest BCUT2D eigenvalue weighted by Gasteiger charge is -2.04. The van der Waals surface area contributed by atoms with Gasteiger partial charge in [0, 0.05) is 29.1 Å². The van der Waals surface area contributed by atoms with E-state index in [0.29, 0.717) is 5.82 Å². The standard InChI is InChI=1S/C9H8N6/c10-14-12-7-8-3-1-4-11-9(8)15-6-2-5-13-15/h1-6H,7H2. The molecule has 2 rings (SSSR count). The van der Waals surface area contributed by atoms with Gasteiger partial charge in [0.05, 0.1) is 6.54 Å². The van der Waals surface area contributed by atoms with E-state index in [2.05, 4.69) is 20.1 Å². The average molecular weight is 200 g/mol. The van der Waals surface area contributed by atoms with Crippen molar-refractivity contribution in [3.8, 4) is 5.82 Å². The van der Waals surface area contributed by atoms with Crippen LogP contribution < -0.4 is 0 Å². The van der Waals surface area contributed by atoms with E-state index in [9.17, 15) is 0 Å². The van der Waals surface area contributed by atoms with Crippen molar-refractivity contribution in [2.75, 3.05) is 0 Å². The Morgan fingerprint density at radius 1 is 1.40 bits per heavy atom. The quantitative estimate of drug-likeness (QED) is 0.432. The van der Waals surface area contributed by atoms with Gasteiger partial charge in [-0.25, -0.2) is 9.67 Å². The van der Waals surface area contributed by atoms with Gasteiger partial charge in [-0.05, 0) is 17.7 Å². The van der Waals surface area contributed by atoms with Crippen molar-refractivity contribution in [1.29, 1.82) is 0 Å². The maximum atomic E-state index is 8.26. The summed E-state index contributed by atoms with van der Waals surface area (Å²) in [5.74, 6) is 0.690. The second-order valence-corrected chi connectivity index (χ2v) is 2.83. The molecule has 0 aliphatic carbocycles. The fourth-order valence-electron chi connectivity index (χ4n) is 1.26. The predicted octanol–water partition coefficient (Wildman–Crippen LogP) is 2.08. The van der Waals surface area contributed by atoms with Crippen LogP contribution in [-0.4, -0.2) is 14.8 Å². The molecule has 0 N–H and O–H groups in total. The number of rotatable bonds is 3. The molecular formula is C9H8N6. The highest BCUT2D eigenvalue weighted by atomic mass is 15.3. The Labute approximate surface area is 85.8 Å². The molecule has 2 aromatic heterocycles. The van der Waals surface area contributed by atoms with Gasteiger partial charge in [-0.3, -0.25) is 0 Å². The van der Waals surface area contributed by atoms with E-state index < -0.39 is 0 Å². The summed E-state index contributed by atoms with van der Waals surface area (Å²) in [5, 5.41) is 7.59. The second-order valence-electron chi connectivity index (χ2n) is 2.83. The first kappa shape index (κ1) is 9.23. The van der Waals surface area contributed by atoms with Crippen LogP contribution in [0, 0.1) is 0 Å². The Morgan fingerprint density at radius 3 is 3.07 bits per heavy atom. The van der Waals surface area contributed by atoms with E-state index in [4.69, 9.17) is 5.53 Å². The minimum atomic E-state index is 0.277. The molecule has 0 unspecified atom stereocenters. The van der Waals surface area contributed by atoms with Crippen LogP contribution in [0.25, 0.3) is 16.3 Å². The number of pyridine rings is 1. The van der Waals surface area contributed by atoms with Crippen molar-refractivity contribution in [3.05, 3.63) is 52.8 Å². The van der Waals surface area contributed by atoms with Crippen molar-refractivity contribution >= 4 is 0 Å². The van der Waals surface area contributed by atoms with E-state index in [1.807, 2.05) is 12.1 Å². The fourth-order valence-corrected chi connectivity index (χ4v) is 1.26. The maximum Gasteiger partial charge on any atom is 0.156 e. The molecule has 15 heavy (non-hydrogen) atoms. The van der Waals surface area contributed by atoms with Gasteiger partial charge in [-0.1, -0.05) is 11.2 Å². The zero-order chi connectivity index (χ0) is 10.5. The van der Waals surface area contributed by atoms with Crippen molar-refractivity contribution in [2.24, 2.45) is 5.11 Å². The SMILES string of the molecule is [N-]=[N+]=NCc1cccnc1-n1cccn1. The molecule has 2 heterocycles. The summed E-state index contributed by atoms with van der Waals surface area (Å²) >= 11 is 0. The van der Waals surface area contributed by atoms with Crippen LogP contribution in [0.4, 0.5) is 0 Å². The van der Waals surface area contributed by atoms with Gasteiger partial charge in [-0.15, -0.1) is 0 Å². The largest absolute Gasteiger partial charge is 0.237 e. The number of hydrogen-bond donors (Lipinski definition) is 0. The smallest absolute Gasteiger partial charge is 0.156 e. The van der Waals surface area contributed by atoms with Gasteiger partial charge in [0.2, 0.25) is 0 Å². The number of hydrogen-bond acceptors (Lipinski definition) is 3. The average Bonchev–Trinajstić information content (AvgIpc) is 2.80. The topological polar surface area (TPSA) is 79.5 Å². The third kappa shape index (κ3) is 1.95. The van der Waals surface area contributed by atoms with Crippen LogP contribution in [-0.2, 0) is 6.54 Å². The minimum absolute atomic E-state index is 0.277. The highest BCUT2D eigenvalue weighted by Crippen LogP contribution is 2.11. The predicted molar refractivity (Wildman–Crippen MR) is 54.2 cm³/mol. The lowest BCUT2D eigenvalue weighted by molar-refractivity contribution is 0.823. The summed E-state index contributed by atoms with van der Waals surface area (Å²) in [6, 6.07) is 5.47. The molecule has 0 saturated heterocycles. The third-order valence-electron chi connectivity index (χ3n) is 1.89. The maximum absolute atomic E-state index is 8.26. The Morgan fingerprint density at radius 2 is 2.33 bits per heavy atom. The van der Waals surface area contributed by atoms with Crippen LogP contribution in [0.5, 0.6) is 0 Å². The molecule has 6 nitrogen and oxygen atoms in total. The molecular weight excluding hydrogens is 192 g/mol. The van der Waals surface area contributed by atoms with Gasteiger partial charge < -0.3 is 0 Å². The molecule has 0 aliphatic heterocycles. The molecule has 0 fully saturated rings. The van der Waals surface area contributed by atoms with Crippen molar-refractivity contribution in [2.45, 2.75) is 6.54 Å². The number of aromatic nitrogens is 3. The van der Waals surface area contributed by atoms with Crippen molar-refractivity contribution in [3.63, 3.8) is 0 Å². The Kier molecular flexibility index (Phi) is 2.62. The summed E-state index contributed by atoms with van der Waals surface area (Å²) < 4.78 is 1.64. The molecule has 0 aromatic carbocycles. The first-order valence-corrected chi connectivity index (χ1v) is 4.36. The monoisotopic (exact) mass is 200 g/mol. The molecule has 0 aliphatic rings. The zero-order valence-corrected chi connectivity index (χ0v) is 7.85. The summed E-state index contributed by atoms with van der Waals surface area (Å²) in [5.41, 5.74) is 9.11. The van der Waals surface area contributed by atoms with Gasteiger partial charge in [0.25, 0.3) is 0 Å². The molecule has 0 radical (unpaired) electrons. The molecule has 0 saturated carbocycles. The van der Waals surface area contributed by atoms with Crippen LogP contribution >= 0.6 is 0 Å². The van der Waals surface area contributed by atoms with E-state index >= 15 is 0 Å². The van der Waals surface area contributed by atoms with E-state index in [-0.39, 0.29) is 6.54 Å². The first-order valence-electron chi connectivity index (χ1n) is 4.36. The molecule has 6 heteroatoms. The number of nitrogens with zero attached hydrogens (tertiary/aromatic N) is 6. The Balaban J connectivity index is 2.42. The highest BCUT2D eigenvalue weighted by Gasteiger charge is 2.03. The lowest BCUT2D eigenvalue weighted by Crippen LogP contribution is -2.01. The normalized spacial score (nSPS) is 9.60. The third-order valence-corrected chi connectivity index (χ3v) is 1.89. The van der Waals surface area contributed by atoms with Crippen molar-refractivity contribution in [1.82, 2.24) is 14.8 Å². The van der Waals surface area contributed by atoms with Crippen LogP contribution in [0.2, 0.25) is 0 Å². The number of azide groups is 1. The molecule has 0 spiro atoms. The summed E-state index contributed by atoms with van der Waals surface area (Å²) in [6.45, 7) is 0.277. The fraction of sp³-hybridized carbons (Fsp3) is 0.111. The van der Waals surface area contributed by atoms with E-state index in [1.54, 1.807) is 29.3 Å². The summed E-state index contributed by atoms with van der Waals surface area (Å²) in [4.78, 5) is 6.91. The van der Waals surface area contributed by atoms with E-state index in [0.717, 1.165) is 5.56 Å². The first-order chi connectivity index (χ1) is 7.42. The zero-order valence-electron chi connectivity index (χ0n) is 7.85. The summed E-state index contributed by atoms with van der Waals surface area (Å²) in [6.07, 6.45) is 5.14.